The lowest BCUT2D eigenvalue weighted by Gasteiger charge is -2.37. The summed E-state index contributed by atoms with van der Waals surface area (Å²) in [7, 11) is 0. The van der Waals surface area contributed by atoms with Crippen molar-refractivity contribution < 1.29 is 14.7 Å². The highest BCUT2D eigenvalue weighted by Crippen LogP contribution is 2.29. The molecule has 1 fully saturated rings. The molecule has 1 heterocycles. The van der Waals surface area contributed by atoms with E-state index in [2.05, 4.69) is 19.2 Å². The molecule has 1 rings (SSSR count). The molecule has 0 spiro atoms. The highest BCUT2D eigenvalue weighted by molar-refractivity contribution is 5.79. The molecule has 1 amide bonds. The van der Waals surface area contributed by atoms with Crippen LogP contribution in [0.25, 0.3) is 0 Å². The Morgan fingerprint density at radius 1 is 1.29 bits per heavy atom. The van der Waals surface area contributed by atoms with Gasteiger partial charge in [-0.3, -0.25) is 14.5 Å². The second kappa shape index (κ2) is 7.78. The predicted octanol–water partition coefficient (Wildman–Crippen LogP) is 2.11. The van der Waals surface area contributed by atoms with Crippen LogP contribution in [0.5, 0.6) is 0 Å². The van der Waals surface area contributed by atoms with E-state index in [-0.39, 0.29) is 11.9 Å². The lowest BCUT2D eigenvalue weighted by Crippen LogP contribution is -2.50. The fraction of sp³-hybridized carbons (Fsp3) is 0.875. The van der Waals surface area contributed by atoms with E-state index in [1.165, 1.54) is 0 Å². The van der Waals surface area contributed by atoms with Crippen molar-refractivity contribution in [2.75, 3.05) is 19.6 Å². The van der Waals surface area contributed by atoms with Gasteiger partial charge in [0.1, 0.15) is 0 Å². The number of nitrogens with one attached hydrogen (secondary N) is 1. The first-order valence-corrected chi connectivity index (χ1v) is 7.98. The summed E-state index contributed by atoms with van der Waals surface area (Å²) in [4.78, 5) is 25.3. The number of carbonyl (C=O) groups excluding carboxylic acids is 1. The van der Waals surface area contributed by atoms with Crippen molar-refractivity contribution in [1.29, 1.82) is 0 Å². The van der Waals surface area contributed by atoms with E-state index < -0.39 is 11.4 Å². The summed E-state index contributed by atoms with van der Waals surface area (Å²) in [5, 5.41) is 12.3. The van der Waals surface area contributed by atoms with Crippen molar-refractivity contribution in [3.8, 4) is 0 Å². The van der Waals surface area contributed by atoms with E-state index in [9.17, 15) is 14.7 Å². The van der Waals surface area contributed by atoms with Gasteiger partial charge in [-0.25, -0.2) is 0 Å². The third-order valence-electron chi connectivity index (χ3n) is 4.24. The van der Waals surface area contributed by atoms with Crippen LogP contribution >= 0.6 is 0 Å². The molecular formula is C16H30N2O3. The van der Waals surface area contributed by atoms with Crippen molar-refractivity contribution in [1.82, 2.24) is 10.2 Å². The van der Waals surface area contributed by atoms with Crippen LogP contribution in [0.3, 0.4) is 0 Å². The monoisotopic (exact) mass is 298 g/mol. The molecule has 0 radical (unpaired) electrons. The Morgan fingerprint density at radius 3 is 2.52 bits per heavy atom. The molecule has 5 nitrogen and oxygen atoms in total. The van der Waals surface area contributed by atoms with Gasteiger partial charge in [0.25, 0.3) is 0 Å². The number of hydrogen-bond acceptors (Lipinski definition) is 3. The summed E-state index contributed by atoms with van der Waals surface area (Å²) in [5.74, 6) is -0.124. The van der Waals surface area contributed by atoms with Crippen LogP contribution in [-0.2, 0) is 9.59 Å². The number of piperidine rings is 1. The average molecular weight is 298 g/mol. The molecule has 1 aliphatic heterocycles. The van der Waals surface area contributed by atoms with E-state index in [4.69, 9.17) is 0 Å². The van der Waals surface area contributed by atoms with Crippen molar-refractivity contribution in [3.05, 3.63) is 0 Å². The molecular weight excluding hydrogens is 268 g/mol. The molecule has 2 atom stereocenters. The van der Waals surface area contributed by atoms with Gasteiger partial charge in [-0.15, -0.1) is 0 Å². The Balaban J connectivity index is 2.39. The number of rotatable bonds is 7. The summed E-state index contributed by atoms with van der Waals surface area (Å²) in [6.45, 7) is 9.70. The van der Waals surface area contributed by atoms with Crippen LogP contribution in [0, 0.1) is 11.3 Å². The smallest absolute Gasteiger partial charge is 0.310 e. The first kappa shape index (κ1) is 18.0. The first-order chi connectivity index (χ1) is 9.73. The van der Waals surface area contributed by atoms with Gasteiger partial charge in [-0.1, -0.05) is 13.8 Å². The summed E-state index contributed by atoms with van der Waals surface area (Å²) < 4.78 is 0. The van der Waals surface area contributed by atoms with Gasteiger partial charge in [0.2, 0.25) is 5.91 Å². The van der Waals surface area contributed by atoms with Gasteiger partial charge in [0, 0.05) is 12.6 Å². The number of aliphatic carboxylic acids is 1. The van der Waals surface area contributed by atoms with Gasteiger partial charge < -0.3 is 10.4 Å². The number of carboxylic acid groups (broad SMARTS) is 1. The van der Waals surface area contributed by atoms with Gasteiger partial charge in [0.05, 0.1) is 12.0 Å². The molecule has 0 bridgehead atoms. The fourth-order valence-electron chi connectivity index (χ4n) is 2.83. The number of carbonyl (C=O) groups is 2. The standard InChI is InChI=1S/C16H30N2O3/c1-12(2)6-7-13(3)17-14(19)10-18-9-5-8-16(4,11-18)15(20)21/h12-13H,5-11H2,1-4H3,(H,17,19)(H,20,21). The van der Waals surface area contributed by atoms with Crippen LogP contribution in [0.2, 0.25) is 0 Å². The van der Waals surface area contributed by atoms with Crippen LogP contribution < -0.4 is 5.32 Å². The van der Waals surface area contributed by atoms with Crippen molar-refractivity contribution in [3.63, 3.8) is 0 Å². The van der Waals surface area contributed by atoms with Crippen molar-refractivity contribution in [2.45, 2.75) is 59.4 Å². The molecule has 2 unspecified atom stereocenters. The molecule has 0 saturated carbocycles. The van der Waals surface area contributed by atoms with Crippen LogP contribution in [0.4, 0.5) is 0 Å². The molecule has 2 N–H and O–H groups in total. The zero-order chi connectivity index (χ0) is 16.0. The van der Waals surface area contributed by atoms with Crippen LogP contribution in [0.1, 0.15) is 53.4 Å². The molecule has 5 heteroatoms. The molecule has 122 valence electrons. The minimum absolute atomic E-state index is 0.000829. The molecule has 1 aliphatic rings. The third kappa shape index (κ3) is 6.04. The van der Waals surface area contributed by atoms with E-state index in [0.29, 0.717) is 25.4 Å². The quantitative estimate of drug-likeness (QED) is 0.755. The van der Waals surface area contributed by atoms with Gasteiger partial charge in [-0.05, 0) is 52.0 Å². The zero-order valence-electron chi connectivity index (χ0n) is 13.8. The number of amides is 1. The highest BCUT2D eigenvalue weighted by Gasteiger charge is 2.38. The normalized spacial score (nSPS) is 24.8. The Morgan fingerprint density at radius 2 is 1.95 bits per heavy atom. The average Bonchev–Trinajstić information content (AvgIpc) is 2.36. The maximum atomic E-state index is 12.0. The zero-order valence-corrected chi connectivity index (χ0v) is 13.8. The highest BCUT2D eigenvalue weighted by atomic mass is 16.4. The van der Waals surface area contributed by atoms with E-state index in [1.54, 1.807) is 6.92 Å². The van der Waals surface area contributed by atoms with Crippen molar-refractivity contribution >= 4 is 11.9 Å². The predicted molar refractivity (Wildman–Crippen MR) is 83.1 cm³/mol. The third-order valence-corrected chi connectivity index (χ3v) is 4.24. The topological polar surface area (TPSA) is 69.6 Å². The number of hydrogen-bond donors (Lipinski definition) is 2. The molecule has 0 aromatic rings. The summed E-state index contributed by atoms with van der Waals surface area (Å²) >= 11 is 0. The summed E-state index contributed by atoms with van der Waals surface area (Å²) in [5.41, 5.74) is -0.720. The fourth-order valence-corrected chi connectivity index (χ4v) is 2.83. The minimum Gasteiger partial charge on any atom is -0.481 e. The first-order valence-electron chi connectivity index (χ1n) is 7.98. The van der Waals surface area contributed by atoms with Crippen LogP contribution in [0.15, 0.2) is 0 Å². The summed E-state index contributed by atoms with van der Waals surface area (Å²) in [6.07, 6.45) is 3.60. The Labute approximate surface area is 128 Å². The lowest BCUT2D eigenvalue weighted by molar-refractivity contribution is -0.151. The molecule has 1 saturated heterocycles. The lowest BCUT2D eigenvalue weighted by atomic mass is 9.82. The molecule has 0 aromatic heterocycles. The SMILES string of the molecule is CC(C)CCC(C)NC(=O)CN1CCCC(C)(C(=O)O)C1. The molecule has 0 aliphatic carbocycles. The number of likely N-dealkylation sites (tertiary alicyclic amines) is 1. The molecule has 0 aromatic carbocycles. The Hall–Kier alpha value is -1.10. The van der Waals surface area contributed by atoms with Gasteiger partial charge in [-0.2, -0.15) is 0 Å². The molecule has 21 heavy (non-hydrogen) atoms. The minimum atomic E-state index is -0.766. The summed E-state index contributed by atoms with van der Waals surface area (Å²) in [6, 6.07) is 0.176. The van der Waals surface area contributed by atoms with E-state index in [0.717, 1.165) is 25.8 Å². The maximum Gasteiger partial charge on any atom is 0.310 e. The number of nitrogens with zero attached hydrogens (tertiary/aromatic N) is 1. The van der Waals surface area contributed by atoms with Gasteiger partial charge in [0.15, 0.2) is 0 Å². The maximum absolute atomic E-state index is 12.0. The Kier molecular flexibility index (Phi) is 6.65. The van der Waals surface area contributed by atoms with Crippen LogP contribution in [-0.4, -0.2) is 47.6 Å². The number of carboxylic acids is 1. The van der Waals surface area contributed by atoms with Crippen molar-refractivity contribution in [2.24, 2.45) is 11.3 Å². The van der Waals surface area contributed by atoms with E-state index >= 15 is 0 Å². The largest absolute Gasteiger partial charge is 0.481 e. The van der Waals surface area contributed by atoms with E-state index in [1.807, 2.05) is 11.8 Å². The Bertz CT molecular complexity index is 371. The van der Waals surface area contributed by atoms with Gasteiger partial charge >= 0.3 is 5.97 Å². The second-order valence-electron chi connectivity index (χ2n) is 7.12. The second-order valence-corrected chi connectivity index (χ2v) is 7.12.